The van der Waals surface area contributed by atoms with Gasteiger partial charge in [-0.15, -0.1) is 0 Å². The molecule has 2 heteroatoms. The fourth-order valence-corrected chi connectivity index (χ4v) is 2.43. The minimum absolute atomic E-state index is 0.124. The molecular weight excluding hydrogens is 188 g/mol. The standard InChI is InChI=1S/C13H24O2/c1-3-7-13(15-4-2)12(14)10-11-8-5-6-9-11/h11,13H,3-10H2,1-2H3. The quantitative estimate of drug-likeness (QED) is 0.647. The van der Waals surface area contributed by atoms with E-state index >= 15 is 0 Å². The van der Waals surface area contributed by atoms with E-state index in [-0.39, 0.29) is 6.10 Å². The first-order chi connectivity index (χ1) is 7.27. The van der Waals surface area contributed by atoms with E-state index in [9.17, 15) is 4.79 Å². The maximum atomic E-state index is 12.0. The lowest BCUT2D eigenvalue weighted by atomic mass is 9.97. The first-order valence-corrected chi connectivity index (χ1v) is 6.42. The van der Waals surface area contributed by atoms with Crippen LogP contribution in [0.15, 0.2) is 0 Å². The maximum Gasteiger partial charge on any atom is 0.161 e. The van der Waals surface area contributed by atoms with Gasteiger partial charge in [-0.25, -0.2) is 0 Å². The summed E-state index contributed by atoms with van der Waals surface area (Å²) in [5.41, 5.74) is 0. The van der Waals surface area contributed by atoms with Gasteiger partial charge in [0.15, 0.2) is 5.78 Å². The van der Waals surface area contributed by atoms with E-state index in [4.69, 9.17) is 4.74 Å². The smallest absolute Gasteiger partial charge is 0.161 e. The van der Waals surface area contributed by atoms with Crippen LogP contribution in [0.1, 0.15) is 58.8 Å². The molecule has 0 amide bonds. The van der Waals surface area contributed by atoms with Gasteiger partial charge in [0, 0.05) is 13.0 Å². The summed E-state index contributed by atoms with van der Waals surface area (Å²) in [6.07, 6.45) is 7.66. The van der Waals surface area contributed by atoms with Crippen LogP contribution in [0, 0.1) is 5.92 Å². The number of Topliss-reactive ketones (excluding diaryl/α,β-unsaturated/α-hetero) is 1. The average molecular weight is 212 g/mol. The zero-order valence-corrected chi connectivity index (χ0v) is 10.1. The lowest BCUT2D eigenvalue weighted by Crippen LogP contribution is -2.25. The van der Waals surface area contributed by atoms with E-state index < -0.39 is 0 Å². The minimum atomic E-state index is -0.124. The normalized spacial score (nSPS) is 19.3. The Balaban J connectivity index is 2.33. The third-order valence-electron chi connectivity index (χ3n) is 3.24. The molecule has 0 aliphatic heterocycles. The molecule has 1 fully saturated rings. The summed E-state index contributed by atoms with van der Waals surface area (Å²) in [7, 11) is 0. The van der Waals surface area contributed by atoms with Crippen molar-refractivity contribution in [2.24, 2.45) is 5.92 Å². The van der Waals surface area contributed by atoms with Crippen molar-refractivity contribution in [1.82, 2.24) is 0 Å². The molecular formula is C13H24O2. The molecule has 0 spiro atoms. The number of carbonyl (C=O) groups is 1. The van der Waals surface area contributed by atoms with Gasteiger partial charge in [-0.1, -0.05) is 39.0 Å². The number of ether oxygens (including phenoxy) is 1. The molecule has 15 heavy (non-hydrogen) atoms. The molecule has 0 heterocycles. The summed E-state index contributed by atoms with van der Waals surface area (Å²) < 4.78 is 5.50. The Labute approximate surface area is 93.4 Å². The Morgan fingerprint density at radius 1 is 1.33 bits per heavy atom. The molecule has 0 saturated heterocycles. The van der Waals surface area contributed by atoms with E-state index in [1.165, 1.54) is 25.7 Å². The van der Waals surface area contributed by atoms with Crippen LogP contribution in [0.25, 0.3) is 0 Å². The minimum Gasteiger partial charge on any atom is -0.371 e. The summed E-state index contributed by atoms with van der Waals surface area (Å²) >= 11 is 0. The van der Waals surface area contributed by atoms with E-state index in [0.29, 0.717) is 18.3 Å². The predicted molar refractivity (Wildman–Crippen MR) is 61.9 cm³/mol. The second-order valence-electron chi connectivity index (χ2n) is 4.55. The second kappa shape index (κ2) is 7.00. The Morgan fingerprint density at radius 2 is 2.00 bits per heavy atom. The van der Waals surface area contributed by atoms with Gasteiger partial charge in [0.25, 0.3) is 0 Å². The van der Waals surface area contributed by atoms with Crippen molar-refractivity contribution in [2.75, 3.05) is 6.61 Å². The molecule has 0 radical (unpaired) electrons. The summed E-state index contributed by atoms with van der Waals surface area (Å²) in [4.78, 5) is 12.0. The summed E-state index contributed by atoms with van der Waals surface area (Å²) in [5, 5.41) is 0. The molecule has 0 aromatic carbocycles. The van der Waals surface area contributed by atoms with Crippen LogP contribution in [0.4, 0.5) is 0 Å². The summed E-state index contributed by atoms with van der Waals surface area (Å²) in [6.45, 7) is 4.72. The Morgan fingerprint density at radius 3 is 2.53 bits per heavy atom. The first kappa shape index (κ1) is 12.7. The Bertz CT molecular complexity index is 177. The highest BCUT2D eigenvalue weighted by atomic mass is 16.5. The maximum absolute atomic E-state index is 12.0. The van der Waals surface area contributed by atoms with Gasteiger partial charge >= 0.3 is 0 Å². The molecule has 1 atom stereocenters. The van der Waals surface area contributed by atoms with Gasteiger partial charge in [-0.3, -0.25) is 4.79 Å². The molecule has 1 aliphatic rings. The molecule has 0 aromatic heterocycles. The van der Waals surface area contributed by atoms with Crippen LogP contribution in [0.3, 0.4) is 0 Å². The fourth-order valence-electron chi connectivity index (χ4n) is 2.43. The molecule has 1 saturated carbocycles. The highest BCUT2D eigenvalue weighted by Gasteiger charge is 2.23. The number of carbonyl (C=O) groups excluding carboxylic acids is 1. The molecule has 0 aromatic rings. The molecule has 2 nitrogen and oxygen atoms in total. The summed E-state index contributed by atoms with van der Waals surface area (Å²) in [5.74, 6) is 0.989. The zero-order chi connectivity index (χ0) is 11.1. The van der Waals surface area contributed by atoms with Crippen LogP contribution in [0.2, 0.25) is 0 Å². The molecule has 1 aliphatic carbocycles. The summed E-state index contributed by atoms with van der Waals surface area (Å²) in [6, 6.07) is 0. The van der Waals surface area contributed by atoms with E-state index in [1.807, 2.05) is 6.92 Å². The SMILES string of the molecule is CCCC(OCC)C(=O)CC1CCCC1. The highest BCUT2D eigenvalue weighted by molar-refractivity contribution is 5.83. The van der Waals surface area contributed by atoms with Crippen molar-refractivity contribution in [3.05, 3.63) is 0 Å². The van der Waals surface area contributed by atoms with Gasteiger partial charge in [0.2, 0.25) is 0 Å². The molecule has 1 rings (SSSR count). The highest BCUT2D eigenvalue weighted by Crippen LogP contribution is 2.28. The number of rotatable bonds is 7. The molecule has 0 bridgehead atoms. The van der Waals surface area contributed by atoms with Gasteiger partial charge in [-0.2, -0.15) is 0 Å². The number of ketones is 1. The fraction of sp³-hybridized carbons (Fsp3) is 0.923. The van der Waals surface area contributed by atoms with Crippen molar-refractivity contribution >= 4 is 5.78 Å². The van der Waals surface area contributed by atoms with Crippen LogP contribution in [-0.4, -0.2) is 18.5 Å². The Hall–Kier alpha value is -0.370. The number of hydrogen-bond donors (Lipinski definition) is 0. The van der Waals surface area contributed by atoms with E-state index in [1.54, 1.807) is 0 Å². The van der Waals surface area contributed by atoms with Gasteiger partial charge in [0.1, 0.15) is 6.10 Å². The van der Waals surface area contributed by atoms with Crippen molar-refractivity contribution in [3.8, 4) is 0 Å². The topological polar surface area (TPSA) is 26.3 Å². The van der Waals surface area contributed by atoms with Crippen molar-refractivity contribution in [1.29, 1.82) is 0 Å². The monoisotopic (exact) mass is 212 g/mol. The van der Waals surface area contributed by atoms with Crippen LogP contribution >= 0.6 is 0 Å². The van der Waals surface area contributed by atoms with Crippen molar-refractivity contribution in [2.45, 2.75) is 64.9 Å². The molecule has 88 valence electrons. The average Bonchev–Trinajstić information content (AvgIpc) is 2.70. The van der Waals surface area contributed by atoms with E-state index in [2.05, 4.69) is 6.92 Å². The van der Waals surface area contributed by atoms with Crippen LogP contribution < -0.4 is 0 Å². The molecule has 1 unspecified atom stereocenters. The van der Waals surface area contributed by atoms with Crippen LogP contribution in [-0.2, 0) is 9.53 Å². The lowest BCUT2D eigenvalue weighted by molar-refractivity contribution is -0.131. The number of hydrogen-bond acceptors (Lipinski definition) is 2. The van der Waals surface area contributed by atoms with Crippen molar-refractivity contribution in [3.63, 3.8) is 0 Å². The van der Waals surface area contributed by atoms with Crippen LogP contribution in [0.5, 0.6) is 0 Å². The van der Waals surface area contributed by atoms with Gasteiger partial charge in [-0.05, 0) is 19.3 Å². The second-order valence-corrected chi connectivity index (χ2v) is 4.55. The van der Waals surface area contributed by atoms with E-state index in [0.717, 1.165) is 19.3 Å². The first-order valence-electron chi connectivity index (χ1n) is 6.42. The largest absolute Gasteiger partial charge is 0.371 e. The lowest BCUT2D eigenvalue weighted by Gasteiger charge is -2.17. The Kier molecular flexibility index (Phi) is 5.92. The van der Waals surface area contributed by atoms with Gasteiger partial charge < -0.3 is 4.74 Å². The third-order valence-corrected chi connectivity index (χ3v) is 3.24. The van der Waals surface area contributed by atoms with Gasteiger partial charge in [0.05, 0.1) is 0 Å². The molecule has 0 N–H and O–H groups in total. The van der Waals surface area contributed by atoms with Crippen molar-refractivity contribution < 1.29 is 9.53 Å². The zero-order valence-electron chi connectivity index (χ0n) is 10.1. The predicted octanol–water partition coefficient (Wildman–Crippen LogP) is 3.34. The third kappa shape index (κ3) is 4.33.